The van der Waals surface area contributed by atoms with Gasteiger partial charge in [-0.25, -0.2) is 0 Å². The highest BCUT2D eigenvalue weighted by Gasteiger charge is 2.16. The fraction of sp³-hybridized carbons (Fsp3) is 0.333. The summed E-state index contributed by atoms with van der Waals surface area (Å²) in [5, 5.41) is 2.84. The number of hydrogen-bond donors (Lipinski definition) is 1. The first-order valence-electron chi connectivity index (χ1n) is 8.84. The second-order valence-corrected chi connectivity index (χ2v) is 6.21. The summed E-state index contributed by atoms with van der Waals surface area (Å²) in [7, 11) is 4.63. The molecule has 0 atom stereocenters. The Morgan fingerprint density at radius 1 is 0.929 bits per heavy atom. The Kier molecular flexibility index (Phi) is 7.26. The first kappa shape index (κ1) is 21.1. The number of ether oxygens (including phenoxy) is 3. The van der Waals surface area contributed by atoms with Crippen molar-refractivity contribution in [1.29, 1.82) is 0 Å². The van der Waals surface area contributed by atoms with Crippen LogP contribution in [0, 0.1) is 6.92 Å². The number of benzene rings is 2. The van der Waals surface area contributed by atoms with Gasteiger partial charge in [0.05, 0.1) is 27.0 Å². The second kappa shape index (κ2) is 9.64. The van der Waals surface area contributed by atoms with E-state index in [1.807, 2.05) is 19.1 Å². The van der Waals surface area contributed by atoms with Crippen LogP contribution in [-0.4, -0.2) is 39.7 Å². The third-order valence-electron chi connectivity index (χ3n) is 4.25. The fourth-order valence-electron chi connectivity index (χ4n) is 2.81. The average Bonchev–Trinajstić information content (AvgIpc) is 2.67. The van der Waals surface area contributed by atoms with Crippen molar-refractivity contribution in [3.8, 4) is 17.2 Å². The molecule has 28 heavy (non-hydrogen) atoms. The summed E-state index contributed by atoms with van der Waals surface area (Å²) in [5.41, 5.74) is 2.24. The Bertz CT molecular complexity index is 851. The zero-order chi connectivity index (χ0) is 20.7. The van der Waals surface area contributed by atoms with Crippen LogP contribution in [0.25, 0.3) is 0 Å². The van der Waals surface area contributed by atoms with Crippen molar-refractivity contribution >= 4 is 23.2 Å². The number of anilines is 2. The lowest BCUT2D eigenvalue weighted by Gasteiger charge is -2.22. The van der Waals surface area contributed by atoms with Crippen LogP contribution in [0.3, 0.4) is 0 Å². The zero-order valence-corrected chi connectivity index (χ0v) is 16.9. The lowest BCUT2D eigenvalue weighted by molar-refractivity contribution is -0.117. The van der Waals surface area contributed by atoms with Crippen molar-refractivity contribution in [2.75, 3.05) is 38.1 Å². The molecule has 2 aromatic carbocycles. The lowest BCUT2D eigenvalue weighted by Crippen LogP contribution is -2.32. The van der Waals surface area contributed by atoms with E-state index in [2.05, 4.69) is 5.32 Å². The molecular weight excluding hydrogens is 360 g/mol. The molecule has 2 amide bonds. The van der Waals surface area contributed by atoms with Gasteiger partial charge in [-0.2, -0.15) is 0 Å². The van der Waals surface area contributed by atoms with Crippen LogP contribution in [0.1, 0.15) is 18.9 Å². The molecule has 7 heteroatoms. The molecule has 0 spiro atoms. The van der Waals surface area contributed by atoms with Crippen LogP contribution < -0.4 is 24.4 Å². The first-order chi connectivity index (χ1) is 13.4. The molecule has 0 saturated carbocycles. The van der Waals surface area contributed by atoms with Crippen molar-refractivity contribution in [2.45, 2.75) is 20.3 Å². The van der Waals surface area contributed by atoms with Gasteiger partial charge in [0.15, 0.2) is 11.5 Å². The molecule has 0 heterocycles. The highest BCUT2D eigenvalue weighted by atomic mass is 16.5. The van der Waals surface area contributed by atoms with Gasteiger partial charge >= 0.3 is 0 Å². The van der Waals surface area contributed by atoms with Crippen LogP contribution in [0.15, 0.2) is 36.4 Å². The van der Waals surface area contributed by atoms with Gasteiger partial charge < -0.3 is 24.4 Å². The van der Waals surface area contributed by atoms with E-state index >= 15 is 0 Å². The number of hydrogen-bond acceptors (Lipinski definition) is 5. The lowest BCUT2D eigenvalue weighted by atomic mass is 10.2. The Morgan fingerprint density at radius 3 is 2.18 bits per heavy atom. The highest BCUT2D eigenvalue weighted by molar-refractivity contribution is 5.95. The molecule has 0 unspecified atom stereocenters. The maximum atomic E-state index is 12.4. The summed E-state index contributed by atoms with van der Waals surface area (Å²) in [6.45, 7) is 3.62. The van der Waals surface area contributed by atoms with E-state index < -0.39 is 0 Å². The second-order valence-electron chi connectivity index (χ2n) is 6.21. The van der Waals surface area contributed by atoms with Crippen molar-refractivity contribution in [1.82, 2.24) is 0 Å². The van der Waals surface area contributed by atoms with E-state index in [1.54, 1.807) is 38.5 Å². The molecule has 2 aromatic rings. The van der Waals surface area contributed by atoms with Gasteiger partial charge in [0.1, 0.15) is 5.75 Å². The highest BCUT2D eigenvalue weighted by Crippen LogP contribution is 2.32. The number of methoxy groups -OCH3 is 3. The molecule has 0 aliphatic heterocycles. The number of nitrogens with one attached hydrogen (secondary N) is 1. The maximum Gasteiger partial charge on any atom is 0.226 e. The Balaban J connectivity index is 2.11. The zero-order valence-electron chi connectivity index (χ0n) is 16.9. The van der Waals surface area contributed by atoms with Crippen molar-refractivity contribution in [3.63, 3.8) is 0 Å². The van der Waals surface area contributed by atoms with Crippen LogP contribution in [0.5, 0.6) is 17.2 Å². The van der Waals surface area contributed by atoms with Crippen LogP contribution >= 0.6 is 0 Å². The predicted octanol–water partition coefficient (Wildman–Crippen LogP) is 3.40. The van der Waals surface area contributed by atoms with E-state index in [0.717, 1.165) is 5.56 Å². The predicted molar refractivity (Wildman–Crippen MR) is 109 cm³/mol. The van der Waals surface area contributed by atoms with Gasteiger partial charge in [0, 0.05) is 31.6 Å². The number of carbonyl (C=O) groups is 2. The minimum atomic E-state index is -0.212. The van der Waals surface area contributed by atoms with Gasteiger partial charge in [-0.05, 0) is 36.8 Å². The fourth-order valence-corrected chi connectivity index (χ4v) is 2.81. The van der Waals surface area contributed by atoms with E-state index in [0.29, 0.717) is 28.6 Å². The SMILES string of the molecule is COc1ccc(C)cc1NC(=O)CCN(C(C)=O)c1ccc(OC)c(OC)c1. The Morgan fingerprint density at radius 2 is 1.57 bits per heavy atom. The molecule has 0 aromatic heterocycles. The average molecular weight is 386 g/mol. The molecule has 0 aliphatic carbocycles. The van der Waals surface area contributed by atoms with Crippen molar-refractivity contribution in [3.05, 3.63) is 42.0 Å². The molecule has 0 aliphatic rings. The summed E-state index contributed by atoms with van der Waals surface area (Å²) in [5.74, 6) is 1.28. The molecule has 1 N–H and O–H groups in total. The van der Waals surface area contributed by atoms with Crippen LogP contribution in [0.2, 0.25) is 0 Å². The van der Waals surface area contributed by atoms with Gasteiger partial charge in [-0.1, -0.05) is 6.07 Å². The molecule has 0 bridgehead atoms. The minimum Gasteiger partial charge on any atom is -0.495 e. The number of nitrogens with zero attached hydrogens (tertiary/aromatic N) is 1. The van der Waals surface area contributed by atoms with E-state index in [1.165, 1.54) is 18.9 Å². The molecule has 7 nitrogen and oxygen atoms in total. The molecule has 150 valence electrons. The molecule has 0 fully saturated rings. The van der Waals surface area contributed by atoms with Gasteiger partial charge in [0.25, 0.3) is 0 Å². The topological polar surface area (TPSA) is 77.1 Å². The monoisotopic (exact) mass is 386 g/mol. The Labute approximate surface area is 165 Å². The normalized spacial score (nSPS) is 10.2. The first-order valence-corrected chi connectivity index (χ1v) is 8.84. The maximum absolute atomic E-state index is 12.4. The summed E-state index contributed by atoms with van der Waals surface area (Å²) >= 11 is 0. The summed E-state index contributed by atoms with van der Waals surface area (Å²) in [6, 6.07) is 10.7. The number of rotatable bonds is 8. The molecule has 0 saturated heterocycles. The molecule has 0 radical (unpaired) electrons. The van der Waals surface area contributed by atoms with Gasteiger partial charge in [0.2, 0.25) is 11.8 Å². The minimum absolute atomic E-state index is 0.130. The van der Waals surface area contributed by atoms with E-state index in [-0.39, 0.29) is 24.8 Å². The van der Waals surface area contributed by atoms with E-state index in [9.17, 15) is 9.59 Å². The van der Waals surface area contributed by atoms with Crippen molar-refractivity contribution < 1.29 is 23.8 Å². The standard InChI is InChI=1S/C21H26N2O5/c1-14-6-8-18(26-3)17(12-14)22-21(25)10-11-23(15(2)24)16-7-9-19(27-4)20(13-16)28-5/h6-9,12-13H,10-11H2,1-5H3,(H,22,25). The Hall–Kier alpha value is -3.22. The largest absolute Gasteiger partial charge is 0.495 e. The summed E-state index contributed by atoms with van der Waals surface area (Å²) < 4.78 is 15.8. The third kappa shape index (κ3) is 5.16. The quantitative estimate of drug-likeness (QED) is 0.752. The van der Waals surface area contributed by atoms with Crippen LogP contribution in [-0.2, 0) is 9.59 Å². The molecule has 2 rings (SSSR count). The van der Waals surface area contributed by atoms with Gasteiger partial charge in [-0.3, -0.25) is 9.59 Å². The molecular formula is C21H26N2O5. The number of amides is 2. The smallest absolute Gasteiger partial charge is 0.226 e. The van der Waals surface area contributed by atoms with E-state index in [4.69, 9.17) is 14.2 Å². The van der Waals surface area contributed by atoms with Crippen LogP contribution in [0.4, 0.5) is 11.4 Å². The van der Waals surface area contributed by atoms with Crippen molar-refractivity contribution in [2.24, 2.45) is 0 Å². The van der Waals surface area contributed by atoms with Gasteiger partial charge in [-0.15, -0.1) is 0 Å². The third-order valence-corrected chi connectivity index (χ3v) is 4.25. The number of carbonyl (C=O) groups excluding carboxylic acids is 2. The summed E-state index contributed by atoms with van der Waals surface area (Å²) in [6.07, 6.45) is 0.130. The number of aryl methyl sites for hydroxylation is 1. The summed E-state index contributed by atoms with van der Waals surface area (Å²) in [4.78, 5) is 26.1.